The first-order valence-corrected chi connectivity index (χ1v) is 2.88. The predicted octanol–water partition coefficient (Wildman–Crippen LogP) is 1.40. The lowest BCUT2D eigenvalue weighted by molar-refractivity contribution is 0.421. The average molecular weight is 167 g/mol. The SMILES string of the molecule is CC(N)(C#N)CCCF.Cl. The van der Waals surface area contributed by atoms with Crippen molar-refractivity contribution >= 4 is 12.4 Å². The van der Waals surface area contributed by atoms with Crippen LogP contribution in [-0.2, 0) is 0 Å². The van der Waals surface area contributed by atoms with E-state index >= 15 is 0 Å². The van der Waals surface area contributed by atoms with E-state index in [1.54, 1.807) is 6.92 Å². The number of hydrogen-bond acceptors (Lipinski definition) is 2. The van der Waals surface area contributed by atoms with Crippen LogP contribution in [0.4, 0.5) is 4.39 Å². The summed E-state index contributed by atoms with van der Waals surface area (Å²) in [5, 5.41) is 8.32. The molecule has 10 heavy (non-hydrogen) atoms. The molecule has 2 N–H and O–H groups in total. The van der Waals surface area contributed by atoms with Crippen LogP contribution in [0.3, 0.4) is 0 Å². The fraction of sp³-hybridized carbons (Fsp3) is 0.833. The van der Waals surface area contributed by atoms with E-state index < -0.39 is 12.2 Å². The molecule has 1 unspecified atom stereocenters. The van der Waals surface area contributed by atoms with Crippen molar-refractivity contribution in [3.63, 3.8) is 0 Å². The lowest BCUT2D eigenvalue weighted by Gasteiger charge is -2.12. The maximum Gasteiger partial charge on any atom is 0.101 e. The van der Waals surface area contributed by atoms with Gasteiger partial charge in [0.1, 0.15) is 5.54 Å². The minimum atomic E-state index is -0.841. The van der Waals surface area contributed by atoms with Gasteiger partial charge in [0.25, 0.3) is 0 Å². The molecule has 0 aromatic carbocycles. The molecule has 0 saturated heterocycles. The van der Waals surface area contributed by atoms with Gasteiger partial charge in [-0.2, -0.15) is 5.26 Å². The van der Waals surface area contributed by atoms with Crippen molar-refractivity contribution in [1.29, 1.82) is 5.26 Å². The Balaban J connectivity index is 0. The lowest BCUT2D eigenvalue weighted by atomic mass is 10.0. The zero-order valence-corrected chi connectivity index (χ0v) is 6.75. The summed E-state index contributed by atoms with van der Waals surface area (Å²) >= 11 is 0. The highest BCUT2D eigenvalue weighted by molar-refractivity contribution is 5.85. The maximum atomic E-state index is 11.5. The van der Waals surface area contributed by atoms with E-state index in [9.17, 15) is 4.39 Å². The van der Waals surface area contributed by atoms with Gasteiger partial charge in [-0.3, -0.25) is 4.39 Å². The fourth-order valence-electron chi connectivity index (χ4n) is 0.490. The molecule has 1 atom stereocenters. The second-order valence-corrected chi connectivity index (χ2v) is 2.32. The smallest absolute Gasteiger partial charge is 0.101 e. The molecule has 0 amide bonds. The Kier molecular flexibility index (Phi) is 6.74. The van der Waals surface area contributed by atoms with Gasteiger partial charge in [-0.25, -0.2) is 0 Å². The summed E-state index contributed by atoms with van der Waals surface area (Å²) in [6.07, 6.45) is 0.806. The summed E-state index contributed by atoms with van der Waals surface area (Å²) in [7, 11) is 0. The van der Waals surface area contributed by atoms with Crippen molar-refractivity contribution in [2.24, 2.45) is 5.73 Å². The zero-order valence-electron chi connectivity index (χ0n) is 5.93. The highest BCUT2D eigenvalue weighted by atomic mass is 35.5. The molecule has 60 valence electrons. The number of nitrogens with zero attached hydrogens (tertiary/aromatic N) is 1. The standard InChI is InChI=1S/C6H11FN2.ClH/c1-6(9,5-8)3-2-4-7;/h2-4,9H2,1H3;1H. The Morgan fingerprint density at radius 3 is 2.50 bits per heavy atom. The molecule has 0 bridgehead atoms. The number of hydrogen-bond donors (Lipinski definition) is 1. The van der Waals surface area contributed by atoms with Crippen molar-refractivity contribution in [3.8, 4) is 6.07 Å². The van der Waals surface area contributed by atoms with E-state index in [0.29, 0.717) is 12.8 Å². The first-order chi connectivity index (χ1) is 4.12. The van der Waals surface area contributed by atoms with E-state index in [0.717, 1.165) is 0 Å². The van der Waals surface area contributed by atoms with Gasteiger partial charge in [0.05, 0.1) is 12.7 Å². The Bertz CT molecular complexity index is 119. The summed E-state index contributed by atoms with van der Waals surface area (Å²) in [6.45, 7) is 1.21. The molecule has 2 nitrogen and oxygen atoms in total. The number of rotatable bonds is 3. The Morgan fingerprint density at radius 1 is 1.70 bits per heavy atom. The summed E-state index contributed by atoms with van der Waals surface area (Å²) in [5.74, 6) is 0. The maximum absolute atomic E-state index is 11.5. The third kappa shape index (κ3) is 5.80. The monoisotopic (exact) mass is 166 g/mol. The van der Waals surface area contributed by atoms with Crippen molar-refractivity contribution < 1.29 is 4.39 Å². The van der Waals surface area contributed by atoms with E-state index in [-0.39, 0.29) is 12.4 Å². The van der Waals surface area contributed by atoms with Crippen LogP contribution in [0, 0.1) is 11.3 Å². The molecule has 0 rings (SSSR count). The molecular formula is C6H12ClFN2. The van der Waals surface area contributed by atoms with Gasteiger partial charge in [0, 0.05) is 0 Å². The normalized spacial score (nSPS) is 14.6. The molecule has 4 heteroatoms. The Labute approximate surface area is 66.6 Å². The fourth-order valence-corrected chi connectivity index (χ4v) is 0.490. The van der Waals surface area contributed by atoms with E-state index in [1.807, 2.05) is 6.07 Å². The highest BCUT2D eigenvalue weighted by Crippen LogP contribution is 2.06. The van der Waals surface area contributed by atoms with Crippen LogP contribution in [0.25, 0.3) is 0 Å². The molecular weight excluding hydrogens is 155 g/mol. The van der Waals surface area contributed by atoms with Gasteiger partial charge >= 0.3 is 0 Å². The molecule has 0 fully saturated rings. The van der Waals surface area contributed by atoms with Gasteiger partial charge < -0.3 is 5.73 Å². The van der Waals surface area contributed by atoms with Crippen molar-refractivity contribution in [2.75, 3.05) is 6.67 Å². The molecule has 0 aliphatic heterocycles. The second-order valence-electron chi connectivity index (χ2n) is 2.32. The first kappa shape index (κ1) is 12.4. The van der Waals surface area contributed by atoms with Crippen LogP contribution in [0.5, 0.6) is 0 Å². The summed E-state index contributed by atoms with van der Waals surface area (Å²) in [4.78, 5) is 0. The molecule has 0 aromatic heterocycles. The summed E-state index contributed by atoms with van der Waals surface area (Å²) in [5.41, 5.74) is 4.53. The van der Waals surface area contributed by atoms with Crippen LogP contribution in [0.1, 0.15) is 19.8 Å². The minimum Gasteiger partial charge on any atom is -0.314 e. The van der Waals surface area contributed by atoms with Gasteiger partial charge in [-0.05, 0) is 19.8 Å². The van der Waals surface area contributed by atoms with Crippen LogP contribution in [-0.4, -0.2) is 12.2 Å². The molecule has 0 aromatic rings. The van der Waals surface area contributed by atoms with Gasteiger partial charge in [0.2, 0.25) is 0 Å². The van der Waals surface area contributed by atoms with Gasteiger partial charge in [-0.15, -0.1) is 12.4 Å². The van der Waals surface area contributed by atoms with E-state index in [4.69, 9.17) is 11.0 Å². The molecule has 0 aliphatic carbocycles. The topological polar surface area (TPSA) is 49.8 Å². The van der Waals surface area contributed by atoms with Crippen molar-refractivity contribution in [1.82, 2.24) is 0 Å². The zero-order chi connectivity index (χ0) is 7.33. The van der Waals surface area contributed by atoms with Gasteiger partial charge in [0.15, 0.2) is 0 Å². The molecule has 0 saturated carbocycles. The Morgan fingerprint density at radius 2 is 2.20 bits per heavy atom. The summed E-state index contributed by atoms with van der Waals surface area (Å²) < 4.78 is 11.5. The molecule has 0 spiro atoms. The molecule has 0 radical (unpaired) electrons. The average Bonchev–Trinajstić information content (AvgIpc) is 1.84. The molecule has 0 aliphatic rings. The minimum absolute atomic E-state index is 0. The van der Waals surface area contributed by atoms with Gasteiger partial charge in [-0.1, -0.05) is 0 Å². The van der Waals surface area contributed by atoms with Crippen LogP contribution < -0.4 is 5.73 Å². The predicted molar refractivity (Wildman–Crippen MR) is 40.7 cm³/mol. The van der Waals surface area contributed by atoms with Crippen LogP contribution in [0.2, 0.25) is 0 Å². The first-order valence-electron chi connectivity index (χ1n) is 2.88. The summed E-state index contributed by atoms with van der Waals surface area (Å²) in [6, 6.07) is 1.89. The number of nitriles is 1. The largest absolute Gasteiger partial charge is 0.314 e. The number of nitrogens with two attached hydrogens (primary N) is 1. The lowest BCUT2D eigenvalue weighted by Crippen LogP contribution is -2.33. The number of halogens is 2. The molecule has 0 heterocycles. The Hall–Kier alpha value is -0.330. The van der Waals surface area contributed by atoms with Crippen LogP contribution in [0.15, 0.2) is 0 Å². The third-order valence-corrected chi connectivity index (χ3v) is 1.09. The van der Waals surface area contributed by atoms with Crippen LogP contribution >= 0.6 is 12.4 Å². The highest BCUT2D eigenvalue weighted by Gasteiger charge is 2.15. The third-order valence-electron chi connectivity index (χ3n) is 1.09. The van der Waals surface area contributed by atoms with E-state index in [1.165, 1.54) is 0 Å². The van der Waals surface area contributed by atoms with E-state index in [2.05, 4.69) is 0 Å². The number of alkyl halides is 1. The van der Waals surface area contributed by atoms with Crippen molar-refractivity contribution in [3.05, 3.63) is 0 Å². The van der Waals surface area contributed by atoms with Crippen molar-refractivity contribution in [2.45, 2.75) is 25.3 Å². The second kappa shape index (κ2) is 5.45. The quantitative estimate of drug-likeness (QED) is 0.689.